The lowest BCUT2D eigenvalue weighted by Gasteiger charge is -2.13. The molecule has 0 amide bonds. The van der Waals surface area contributed by atoms with E-state index in [2.05, 4.69) is 4.74 Å². The minimum Gasteiger partial charge on any atom is -0.435 e. The highest BCUT2D eigenvalue weighted by Crippen LogP contribution is 2.35. The predicted octanol–water partition coefficient (Wildman–Crippen LogP) is 3.90. The summed E-state index contributed by atoms with van der Waals surface area (Å²) in [6.45, 7) is -1.81. The second kappa shape index (κ2) is 5.32. The number of rotatable bonds is 4. The molecule has 18 heavy (non-hydrogen) atoms. The monoisotopic (exact) mass is 268 g/mol. The van der Waals surface area contributed by atoms with Gasteiger partial charge in [-0.1, -0.05) is 6.92 Å². The summed E-state index contributed by atoms with van der Waals surface area (Å²) < 4.78 is 65.7. The van der Waals surface area contributed by atoms with E-state index >= 15 is 0 Å². The molecule has 1 rings (SSSR count). The number of Topliss-reactive ketones (excluding diaryl/α,β-unsaturated/α-hetero) is 1. The van der Waals surface area contributed by atoms with Crippen LogP contribution in [0.15, 0.2) is 18.2 Å². The molecule has 0 saturated heterocycles. The highest BCUT2D eigenvalue weighted by molar-refractivity contribution is 5.97. The van der Waals surface area contributed by atoms with Gasteiger partial charge in [-0.3, -0.25) is 4.79 Å². The lowest BCUT2D eigenvalue weighted by molar-refractivity contribution is -0.138. The lowest BCUT2D eigenvalue weighted by Crippen LogP contribution is -2.13. The zero-order valence-electron chi connectivity index (χ0n) is 9.22. The van der Waals surface area contributed by atoms with Crippen molar-refractivity contribution >= 4 is 5.78 Å². The van der Waals surface area contributed by atoms with Gasteiger partial charge in [0, 0.05) is 12.0 Å². The molecule has 0 aliphatic carbocycles. The molecule has 0 atom stereocenters. The third-order valence-electron chi connectivity index (χ3n) is 2.14. The topological polar surface area (TPSA) is 26.3 Å². The van der Waals surface area contributed by atoms with E-state index in [0.29, 0.717) is 6.07 Å². The number of alkyl halides is 5. The minimum absolute atomic E-state index is 0.113. The standard InChI is InChI=1S/C11H9F5O2/c1-2-9(17)7-4-3-6(18-10(12)13)5-8(7)11(14,15)16/h3-5,10H,2H2,1H3. The van der Waals surface area contributed by atoms with Crippen LogP contribution >= 0.6 is 0 Å². The first-order valence-corrected chi connectivity index (χ1v) is 4.95. The fraction of sp³-hybridized carbons (Fsp3) is 0.364. The summed E-state index contributed by atoms with van der Waals surface area (Å²) in [5, 5.41) is 0. The summed E-state index contributed by atoms with van der Waals surface area (Å²) >= 11 is 0. The number of halogens is 5. The van der Waals surface area contributed by atoms with Crippen LogP contribution in [0, 0.1) is 0 Å². The van der Waals surface area contributed by atoms with Gasteiger partial charge in [0.1, 0.15) is 5.75 Å². The molecular weight excluding hydrogens is 259 g/mol. The molecule has 0 unspecified atom stereocenters. The molecule has 0 aliphatic rings. The maximum absolute atomic E-state index is 12.7. The zero-order valence-corrected chi connectivity index (χ0v) is 9.22. The Morgan fingerprint density at radius 1 is 1.33 bits per heavy atom. The maximum atomic E-state index is 12.7. The van der Waals surface area contributed by atoms with E-state index in [1.54, 1.807) is 0 Å². The molecule has 0 fully saturated rings. The lowest BCUT2D eigenvalue weighted by atomic mass is 10.0. The van der Waals surface area contributed by atoms with E-state index in [1.807, 2.05) is 0 Å². The predicted molar refractivity (Wildman–Crippen MR) is 52.7 cm³/mol. The smallest absolute Gasteiger partial charge is 0.417 e. The summed E-state index contributed by atoms with van der Waals surface area (Å²) in [5.41, 5.74) is -1.82. The van der Waals surface area contributed by atoms with E-state index in [1.165, 1.54) is 6.92 Å². The van der Waals surface area contributed by atoms with Gasteiger partial charge >= 0.3 is 12.8 Å². The number of carbonyl (C=O) groups excluding carboxylic acids is 1. The van der Waals surface area contributed by atoms with E-state index in [0.717, 1.165) is 12.1 Å². The van der Waals surface area contributed by atoms with Crippen LogP contribution in [0.25, 0.3) is 0 Å². The van der Waals surface area contributed by atoms with Crippen LogP contribution < -0.4 is 4.74 Å². The molecule has 0 saturated carbocycles. The van der Waals surface area contributed by atoms with Crippen molar-refractivity contribution in [1.82, 2.24) is 0 Å². The Bertz CT molecular complexity index is 440. The van der Waals surface area contributed by atoms with Crippen molar-refractivity contribution in [2.75, 3.05) is 0 Å². The van der Waals surface area contributed by atoms with Crippen molar-refractivity contribution < 1.29 is 31.5 Å². The van der Waals surface area contributed by atoms with Crippen molar-refractivity contribution in [3.63, 3.8) is 0 Å². The van der Waals surface area contributed by atoms with Crippen molar-refractivity contribution in [1.29, 1.82) is 0 Å². The van der Waals surface area contributed by atoms with Gasteiger partial charge in [-0.2, -0.15) is 22.0 Å². The van der Waals surface area contributed by atoms with Crippen LogP contribution in [-0.2, 0) is 6.18 Å². The number of carbonyl (C=O) groups is 1. The van der Waals surface area contributed by atoms with E-state index in [4.69, 9.17) is 0 Å². The fourth-order valence-corrected chi connectivity index (χ4v) is 1.37. The molecule has 0 heterocycles. The molecule has 0 radical (unpaired) electrons. The van der Waals surface area contributed by atoms with Crippen LogP contribution in [0.4, 0.5) is 22.0 Å². The molecule has 2 nitrogen and oxygen atoms in total. The molecule has 0 spiro atoms. The Morgan fingerprint density at radius 3 is 2.39 bits per heavy atom. The number of ketones is 1. The number of benzene rings is 1. The van der Waals surface area contributed by atoms with Crippen LogP contribution in [0.1, 0.15) is 29.3 Å². The Labute approximate surface area is 99.4 Å². The van der Waals surface area contributed by atoms with Crippen LogP contribution in [-0.4, -0.2) is 12.4 Å². The molecule has 1 aromatic carbocycles. The molecule has 0 N–H and O–H groups in total. The second-order valence-electron chi connectivity index (χ2n) is 3.36. The summed E-state index contributed by atoms with van der Waals surface area (Å²) in [7, 11) is 0. The molecule has 7 heteroatoms. The molecule has 0 bridgehead atoms. The van der Waals surface area contributed by atoms with E-state index in [-0.39, 0.29) is 6.42 Å². The van der Waals surface area contributed by atoms with Gasteiger partial charge < -0.3 is 4.74 Å². The quantitative estimate of drug-likeness (QED) is 0.611. The third-order valence-corrected chi connectivity index (χ3v) is 2.14. The molecule has 1 aromatic rings. The fourth-order valence-electron chi connectivity index (χ4n) is 1.37. The number of hydrogen-bond donors (Lipinski definition) is 0. The average molecular weight is 268 g/mol. The number of ether oxygens (including phenoxy) is 1. The SMILES string of the molecule is CCC(=O)c1ccc(OC(F)F)cc1C(F)(F)F. The Hall–Kier alpha value is -1.66. The molecule has 100 valence electrons. The van der Waals surface area contributed by atoms with Gasteiger partial charge in [0.15, 0.2) is 5.78 Å². The van der Waals surface area contributed by atoms with Gasteiger partial charge in [0.05, 0.1) is 5.56 Å². The van der Waals surface area contributed by atoms with E-state index < -0.39 is 35.4 Å². The first-order chi connectivity index (χ1) is 8.25. The van der Waals surface area contributed by atoms with E-state index in [9.17, 15) is 26.7 Å². The van der Waals surface area contributed by atoms with Crippen molar-refractivity contribution in [2.45, 2.75) is 26.1 Å². The number of hydrogen-bond acceptors (Lipinski definition) is 2. The van der Waals surface area contributed by atoms with Crippen LogP contribution in [0.2, 0.25) is 0 Å². The van der Waals surface area contributed by atoms with Crippen molar-refractivity contribution in [3.8, 4) is 5.75 Å². The molecule has 0 aliphatic heterocycles. The molecular formula is C11H9F5O2. The Morgan fingerprint density at radius 2 is 1.94 bits per heavy atom. The zero-order chi connectivity index (χ0) is 13.9. The van der Waals surface area contributed by atoms with Crippen molar-refractivity contribution in [3.05, 3.63) is 29.3 Å². The average Bonchev–Trinajstić information content (AvgIpc) is 2.26. The molecule has 0 aromatic heterocycles. The second-order valence-corrected chi connectivity index (χ2v) is 3.36. The third kappa shape index (κ3) is 3.41. The van der Waals surface area contributed by atoms with Crippen molar-refractivity contribution in [2.24, 2.45) is 0 Å². The maximum Gasteiger partial charge on any atom is 0.417 e. The first-order valence-electron chi connectivity index (χ1n) is 4.95. The highest BCUT2D eigenvalue weighted by Gasteiger charge is 2.35. The van der Waals surface area contributed by atoms with Gasteiger partial charge in [0.25, 0.3) is 0 Å². The van der Waals surface area contributed by atoms with Gasteiger partial charge in [-0.05, 0) is 18.2 Å². The highest BCUT2D eigenvalue weighted by atomic mass is 19.4. The summed E-state index contributed by atoms with van der Waals surface area (Å²) in [5.74, 6) is -1.35. The minimum atomic E-state index is -4.80. The van der Waals surface area contributed by atoms with Gasteiger partial charge in [0.2, 0.25) is 0 Å². The summed E-state index contributed by atoms with van der Waals surface area (Å²) in [6.07, 6.45) is -4.92. The summed E-state index contributed by atoms with van der Waals surface area (Å²) in [6, 6.07) is 2.14. The first kappa shape index (κ1) is 14.4. The Balaban J connectivity index is 3.25. The summed E-state index contributed by atoms with van der Waals surface area (Å²) in [4.78, 5) is 11.3. The normalized spacial score (nSPS) is 11.7. The van der Waals surface area contributed by atoms with Gasteiger partial charge in [-0.25, -0.2) is 0 Å². The van der Waals surface area contributed by atoms with Gasteiger partial charge in [-0.15, -0.1) is 0 Å². The van der Waals surface area contributed by atoms with Crippen LogP contribution in [0.3, 0.4) is 0 Å². The Kier molecular flexibility index (Phi) is 4.26. The van der Waals surface area contributed by atoms with Crippen LogP contribution in [0.5, 0.6) is 5.75 Å². The largest absolute Gasteiger partial charge is 0.435 e.